The number of rotatable bonds is 5. The zero-order chi connectivity index (χ0) is 20.2. The van der Waals surface area contributed by atoms with Crippen LogP contribution in [0.5, 0.6) is 5.75 Å². The minimum absolute atomic E-state index is 0.0262. The molecule has 29 heavy (non-hydrogen) atoms. The van der Waals surface area contributed by atoms with E-state index in [0.29, 0.717) is 13.1 Å². The van der Waals surface area contributed by atoms with Gasteiger partial charge in [-0.1, -0.05) is 24.3 Å². The number of hydrogen-bond donors (Lipinski definition) is 4. The van der Waals surface area contributed by atoms with Crippen molar-refractivity contribution >= 4 is 11.6 Å². The summed E-state index contributed by atoms with van der Waals surface area (Å²) in [7, 11) is 2.16. The van der Waals surface area contributed by atoms with Crippen LogP contribution in [0.1, 0.15) is 17.0 Å². The Morgan fingerprint density at radius 2 is 1.90 bits per heavy atom. The molecule has 1 amide bonds. The Bertz CT molecular complexity index is 833. The molecule has 2 aliphatic heterocycles. The summed E-state index contributed by atoms with van der Waals surface area (Å²) in [6.45, 7) is 5.39. The van der Waals surface area contributed by atoms with Crippen molar-refractivity contribution in [3.63, 3.8) is 0 Å². The fourth-order valence-corrected chi connectivity index (χ4v) is 4.00. The van der Waals surface area contributed by atoms with E-state index >= 15 is 0 Å². The molecule has 2 aliphatic rings. The van der Waals surface area contributed by atoms with Crippen LogP contribution >= 0.6 is 0 Å². The summed E-state index contributed by atoms with van der Waals surface area (Å²) in [5, 5.41) is 12.8. The quantitative estimate of drug-likeness (QED) is 0.606. The summed E-state index contributed by atoms with van der Waals surface area (Å²) in [4.78, 5) is 17.5. The fourth-order valence-electron chi connectivity index (χ4n) is 4.00. The number of nitrogens with zero attached hydrogens (tertiary/aromatic N) is 2. The van der Waals surface area contributed by atoms with Gasteiger partial charge in [0.05, 0.1) is 0 Å². The number of likely N-dealkylation sites (N-methyl/N-ethyl adjacent to an activating group) is 1. The molecule has 4 N–H and O–H groups in total. The normalized spacial score (nSPS) is 22.6. The first kappa shape index (κ1) is 19.7. The van der Waals surface area contributed by atoms with Gasteiger partial charge in [-0.05, 0) is 42.4 Å². The first-order chi connectivity index (χ1) is 14.1. The minimum Gasteiger partial charge on any atom is -0.508 e. The topological polar surface area (TPSA) is 79.9 Å². The van der Waals surface area contributed by atoms with Crippen molar-refractivity contribution in [1.29, 1.82) is 0 Å². The Labute approximate surface area is 171 Å². The Hall–Kier alpha value is -2.61. The summed E-state index contributed by atoms with van der Waals surface area (Å²) < 4.78 is 0. The molecule has 2 aromatic carbocycles. The molecule has 4 rings (SSSR count). The highest BCUT2D eigenvalue weighted by molar-refractivity contribution is 5.83. The zero-order valence-electron chi connectivity index (χ0n) is 16.8. The van der Waals surface area contributed by atoms with Gasteiger partial charge in [0.2, 0.25) is 5.91 Å². The van der Waals surface area contributed by atoms with Crippen molar-refractivity contribution in [2.24, 2.45) is 0 Å². The fraction of sp³-hybridized carbons (Fsp3) is 0.409. The lowest BCUT2D eigenvalue weighted by molar-refractivity contribution is -0.123. The molecule has 0 radical (unpaired) electrons. The van der Waals surface area contributed by atoms with Gasteiger partial charge in [-0.3, -0.25) is 10.2 Å². The summed E-state index contributed by atoms with van der Waals surface area (Å²) in [5.41, 5.74) is 9.39. The maximum absolute atomic E-state index is 12.7. The van der Waals surface area contributed by atoms with Crippen molar-refractivity contribution in [2.45, 2.75) is 18.5 Å². The molecule has 2 unspecified atom stereocenters. The van der Waals surface area contributed by atoms with E-state index in [0.717, 1.165) is 37.3 Å². The number of amides is 1. The molecular formula is C22H29N5O2. The molecule has 0 spiro atoms. The van der Waals surface area contributed by atoms with Gasteiger partial charge in [-0.15, -0.1) is 0 Å². The van der Waals surface area contributed by atoms with Crippen molar-refractivity contribution in [2.75, 3.05) is 44.7 Å². The summed E-state index contributed by atoms with van der Waals surface area (Å²) in [6, 6.07) is 15.2. The van der Waals surface area contributed by atoms with Crippen LogP contribution in [0.3, 0.4) is 0 Å². The maximum Gasteiger partial charge on any atom is 0.239 e. The van der Waals surface area contributed by atoms with Crippen molar-refractivity contribution in [3.05, 3.63) is 59.7 Å². The Kier molecular flexibility index (Phi) is 5.99. The predicted octanol–water partition coefficient (Wildman–Crippen LogP) is 1.02. The van der Waals surface area contributed by atoms with Crippen LogP contribution < -0.4 is 21.1 Å². The van der Waals surface area contributed by atoms with Gasteiger partial charge in [0.15, 0.2) is 0 Å². The number of piperazine rings is 1. The molecule has 0 saturated carbocycles. The summed E-state index contributed by atoms with van der Waals surface area (Å²) in [6.07, 6.45) is 0. The van der Waals surface area contributed by atoms with E-state index in [4.69, 9.17) is 0 Å². The van der Waals surface area contributed by atoms with Crippen molar-refractivity contribution < 1.29 is 9.90 Å². The van der Waals surface area contributed by atoms with Crippen LogP contribution in [0.15, 0.2) is 48.5 Å². The highest BCUT2D eigenvalue weighted by Gasteiger charge is 2.33. The van der Waals surface area contributed by atoms with E-state index < -0.39 is 0 Å². The second-order valence-corrected chi connectivity index (χ2v) is 7.88. The number of aromatic hydroxyl groups is 1. The SMILES string of the molecule is CN1CCN(c2ccc(CNC(=O)C3NNCC3c3cccc(O)c3)cc2)CC1. The van der Waals surface area contributed by atoms with Crippen LogP contribution in [0.2, 0.25) is 0 Å². The first-order valence-electron chi connectivity index (χ1n) is 10.2. The van der Waals surface area contributed by atoms with E-state index in [-0.39, 0.29) is 23.6 Å². The van der Waals surface area contributed by atoms with Crippen LogP contribution in [0.25, 0.3) is 0 Å². The third-order valence-corrected chi connectivity index (χ3v) is 5.83. The van der Waals surface area contributed by atoms with Crippen molar-refractivity contribution in [1.82, 2.24) is 21.1 Å². The molecule has 2 fully saturated rings. The largest absolute Gasteiger partial charge is 0.508 e. The minimum atomic E-state index is -0.374. The standard InChI is InChI=1S/C22H29N5O2/c1-26-9-11-27(12-10-26)18-7-5-16(6-8-18)14-23-22(29)21-20(15-24-25-21)17-3-2-4-19(28)13-17/h2-8,13,20-21,24-25,28H,9-12,14-15H2,1H3,(H,23,29). The Morgan fingerprint density at radius 3 is 2.62 bits per heavy atom. The molecule has 2 atom stereocenters. The number of phenolic OH excluding ortho intramolecular Hbond substituents is 1. The maximum atomic E-state index is 12.7. The molecule has 7 heteroatoms. The highest BCUT2D eigenvalue weighted by atomic mass is 16.3. The number of carbonyl (C=O) groups is 1. The molecule has 154 valence electrons. The zero-order valence-corrected chi connectivity index (χ0v) is 16.8. The van der Waals surface area contributed by atoms with E-state index in [1.807, 2.05) is 6.07 Å². The monoisotopic (exact) mass is 395 g/mol. The molecule has 2 saturated heterocycles. The lowest BCUT2D eigenvalue weighted by Gasteiger charge is -2.34. The van der Waals surface area contributed by atoms with Crippen LogP contribution in [-0.4, -0.2) is 61.7 Å². The average molecular weight is 396 g/mol. The lowest BCUT2D eigenvalue weighted by atomic mass is 9.92. The summed E-state index contributed by atoms with van der Waals surface area (Å²) in [5.74, 6) is 0.141. The molecule has 2 heterocycles. The number of carbonyl (C=O) groups excluding carboxylic acids is 1. The lowest BCUT2D eigenvalue weighted by Crippen LogP contribution is -2.45. The predicted molar refractivity (Wildman–Crippen MR) is 114 cm³/mol. The smallest absolute Gasteiger partial charge is 0.239 e. The van der Waals surface area contributed by atoms with Gasteiger partial charge in [0.1, 0.15) is 11.8 Å². The van der Waals surface area contributed by atoms with Gasteiger partial charge >= 0.3 is 0 Å². The first-order valence-corrected chi connectivity index (χ1v) is 10.2. The molecular weight excluding hydrogens is 366 g/mol. The van der Waals surface area contributed by atoms with E-state index in [1.54, 1.807) is 18.2 Å². The van der Waals surface area contributed by atoms with Crippen molar-refractivity contribution in [3.8, 4) is 5.75 Å². The molecule has 0 aliphatic carbocycles. The van der Waals surface area contributed by atoms with Crippen LogP contribution in [0, 0.1) is 0 Å². The van der Waals surface area contributed by atoms with Gasteiger partial charge < -0.3 is 20.2 Å². The molecule has 2 aromatic rings. The number of hydrogen-bond acceptors (Lipinski definition) is 6. The third kappa shape index (κ3) is 4.70. The second-order valence-electron chi connectivity index (χ2n) is 7.88. The molecule has 0 bridgehead atoms. The molecule has 0 aromatic heterocycles. The number of hydrazine groups is 1. The summed E-state index contributed by atoms with van der Waals surface area (Å²) >= 11 is 0. The van der Waals surface area contributed by atoms with Gasteiger partial charge in [0, 0.05) is 50.9 Å². The Morgan fingerprint density at radius 1 is 1.14 bits per heavy atom. The van der Waals surface area contributed by atoms with Crippen LogP contribution in [0.4, 0.5) is 5.69 Å². The van der Waals surface area contributed by atoms with E-state index in [1.165, 1.54) is 5.69 Å². The molecule has 7 nitrogen and oxygen atoms in total. The second kappa shape index (κ2) is 8.82. The van der Waals surface area contributed by atoms with E-state index in [2.05, 4.69) is 57.3 Å². The Balaban J connectivity index is 1.33. The average Bonchev–Trinajstić information content (AvgIpc) is 3.23. The van der Waals surface area contributed by atoms with Gasteiger partial charge in [0.25, 0.3) is 0 Å². The van der Waals surface area contributed by atoms with Gasteiger partial charge in [-0.2, -0.15) is 0 Å². The number of phenols is 1. The number of nitrogens with one attached hydrogen (secondary N) is 3. The van der Waals surface area contributed by atoms with Crippen LogP contribution in [-0.2, 0) is 11.3 Å². The highest BCUT2D eigenvalue weighted by Crippen LogP contribution is 2.25. The third-order valence-electron chi connectivity index (χ3n) is 5.83. The van der Waals surface area contributed by atoms with Gasteiger partial charge in [-0.25, -0.2) is 5.43 Å². The number of anilines is 1. The number of benzene rings is 2. The van der Waals surface area contributed by atoms with E-state index in [9.17, 15) is 9.90 Å².